The second-order valence-corrected chi connectivity index (χ2v) is 8.84. The number of aromatic nitrogens is 3. The summed E-state index contributed by atoms with van der Waals surface area (Å²) in [7, 11) is 0. The number of nitrogens with zero attached hydrogens (tertiary/aromatic N) is 4. The van der Waals surface area contributed by atoms with Crippen LogP contribution in [-0.4, -0.2) is 24.5 Å². The van der Waals surface area contributed by atoms with Crippen LogP contribution in [0.3, 0.4) is 0 Å². The van der Waals surface area contributed by atoms with Crippen LogP contribution >= 0.6 is 12.2 Å². The summed E-state index contributed by atoms with van der Waals surface area (Å²) in [6.07, 6.45) is 3.68. The van der Waals surface area contributed by atoms with Crippen LogP contribution in [0.2, 0.25) is 0 Å². The van der Waals surface area contributed by atoms with Crippen molar-refractivity contribution < 1.29 is 0 Å². The minimum atomic E-state index is -0.0502. The van der Waals surface area contributed by atoms with Crippen LogP contribution in [0.4, 0.5) is 0 Å². The molecule has 0 aliphatic carbocycles. The van der Waals surface area contributed by atoms with E-state index in [-0.39, 0.29) is 12.1 Å². The molecule has 1 fully saturated rings. The molecule has 166 valence electrons. The number of benzene rings is 1. The smallest absolute Gasteiger partial charge is 0.170 e. The van der Waals surface area contributed by atoms with E-state index >= 15 is 0 Å². The molecule has 2 atom stereocenters. The maximum Gasteiger partial charge on any atom is 0.170 e. The predicted molar refractivity (Wildman–Crippen MR) is 135 cm³/mol. The number of pyridine rings is 2. The van der Waals surface area contributed by atoms with Crippen LogP contribution in [0, 0.1) is 20.8 Å². The highest BCUT2D eigenvalue weighted by molar-refractivity contribution is 7.80. The molecule has 1 aliphatic heterocycles. The zero-order valence-corrected chi connectivity index (χ0v) is 19.9. The summed E-state index contributed by atoms with van der Waals surface area (Å²) in [5, 5.41) is 4.30. The highest BCUT2D eigenvalue weighted by atomic mass is 32.1. The molecule has 4 heterocycles. The van der Waals surface area contributed by atoms with E-state index < -0.39 is 0 Å². The standard InChI is InChI=1S/C27H27N5S/c1-18-19(2)32(22-12-5-4-6-13-22)20(3)24(18)26-25(23-14-8-10-16-29-23)30-27(33)31(26)17-21-11-7-9-15-28-21/h4-16,25-26H,17H2,1-3H3,(H,30,33)/t25-,26-/m0/s1. The molecule has 6 heteroatoms. The average molecular weight is 454 g/mol. The van der Waals surface area contributed by atoms with Crippen molar-refractivity contribution in [3.63, 3.8) is 0 Å². The monoisotopic (exact) mass is 453 g/mol. The van der Waals surface area contributed by atoms with Crippen LogP contribution in [0.1, 0.15) is 46.0 Å². The fraction of sp³-hybridized carbons (Fsp3) is 0.222. The molecule has 0 spiro atoms. The number of hydrogen-bond donors (Lipinski definition) is 1. The number of nitrogens with one attached hydrogen (secondary N) is 1. The van der Waals surface area contributed by atoms with E-state index in [1.807, 2.05) is 42.7 Å². The number of thiocarbonyl (C=S) groups is 1. The summed E-state index contributed by atoms with van der Waals surface area (Å²) in [4.78, 5) is 11.5. The molecule has 0 saturated carbocycles. The summed E-state index contributed by atoms with van der Waals surface area (Å²) < 4.78 is 2.35. The van der Waals surface area contributed by atoms with Crippen molar-refractivity contribution in [3.8, 4) is 5.69 Å². The second kappa shape index (κ2) is 8.79. The minimum Gasteiger partial charge on any atom is -0.352 e. The highest BCUT2D eigenvalue weighted by Gasteiger charge is 2.42. The van der Waals surface area contributed by atoms with Crippen molar-refractivity contribution in [3.05, 3.63) is 113 Å². The molecule has 0 bridgehead atoms. The Morgan fingerprint density at radius 3 is 2.21 bits per heavy atom. The molecule has 5 rings (SSSR count). The molecule has 1 aliphatic rings. The molecular weight excluding hydrogens is 426 g/mol. The molecule has 5 nitrogen and oxygen atoms in total. The van der Waals surface area contributed by atoms with Gasteiger partial charge in [-0.1, -0.05) is 30.3 Å². The lowest BCUT2D eigenvalue weighted by Gasteiger charge is -2.28. The van der Waals surface area contributed by atoms with Crippen LogP contribution in [-0.2, 0) is 6.54 Å². The lowest BCUT2D eigenvalue weighted by atomic mass is 9.93. The van der Waals surface area contributed by atoms with Gasteiger partial charge in [-0.25, -0.2) is 0 Å². The van der Waals surface area contributed by atoms with Gasteiger partial charge in [0, 0.05) is 35.0 Å². The summed E-state index contributed by atoms with van der Waals surface area (Å²) in [6, 6.07) is 22.5. The van der Waals surface area contributed by atoms with Gasteiger partial charge < -0.3 is 14.8 Å². The van der Waals surface area contributed by atoms with Crippen molar-refractivity contribution >= 4 is 17.3 Å². The molecule has 4 aromatic rings. The van der Waals surface area contributed by atoms with Gasteiger partial charge in [-0.05, 0) is 75.0 Å². The average Bonchev–Trinajstić information content (AvgIpc) is 3.27. The minimum absolute atomic E-state index is 0.00179. The van der Waals surface area contributed by atoms with Gasteiger partial charge in [-0.15, -0.1) is 0 Å². The van der Waals surface area contributed by atoms with Crippen LogP contribution in [0.5, 0.6) is 0 Å². The Morgan fingerprint density at radius 2 is 1.55 bits per heavy atom. The fourth-order valence-electron chi connectivity index (χ4n) is 4.96. The lowest BCUT2D eigenvalue weighted by molar-refractivity contribution is 0.306. The summed E-state index contributed by atoms with van der Waals surface area (Å²) in [5.41, 5.74) is 8.17. The van der Waals surface area contributed by atoms with Crippen LogP contribution in [0.15, 0.2) is 79.1 Å². The van der Waals surface area contributed by atoms with Gasteiger partial charge in [0.1, 0.15) is 0 Å². The molecule has 1 N–H and O–H groups in total. The van der Waals surface area contributed by atoms with Gasteiger partial charge in [-0.3, -0.25) is 9.97 Å². The second-order valence-electron chi connectivity index (χ2n) is 8.46. The van der Waals surface area contributed by atoms with Gasteiger partial charge >= 0.3 is 0 Å². The Morgan fingerprint density at radius 1 is 0.848 bits per heavy atom. The van der Waals surface area contributed by atoms with E-state index in [9.17, 15) is 0 Å². The van der Waals surface area contributed by atoms with E-state index in [1.165, 1.54) is 28.2 Å². The van der Waals surface area contributed by atoms with Crippen LogP contribution < -0.4 is 5.32 Å². The van der Waals surface area contributed by atoms with Crippen LogP contribution in [0.25, 0.3) is 5.69 Å². The Labute approximate surface area is 200 Å². The third-order valence-corrected chi connectivity index (χ3v) is 6.93. The highest BCUT2D eigenvalue weighted by Crippen LogP contribution is 2.43. The molecule has 1 saturated heterocycles. The molecule has 33 heavy (non-hydrogen) atoms. The maximum atomic E-state index is 5.87. The third-order valence-electron chi connectivity index (χ3n) is 6.57. The topological polar surface area (TPSA) is 46.0 Å². The van der Waals surface area contributed by atoms with Gasteiger partial charge in [0.2, 0.25) is 0 Å². The van der Waals surface area contributed by atoms with Crippen molar-refractivity contribution in [2.75, 3.05) is 0 Å². The first kappa shape index (κ1) is 21.3. The third kappa shape index (κ3) is 3.80. The molecular formula is C27H27N5S. The molecule has 0 amide bonds. The normalized spacial score (nSPS) is 17.9. The largest absolute Gasteiger partial charge is 0.352 e. The van der Waals surface area contributed by atoms with E-state index in [0.717, 1.165) is 16.5 Å². The number of rotatable bonds is 5. The molecule has 3 aromatic heterocycles. The number of para-hydroxylation sites is 1. The quantitative estimate of drug-likeness (QED) is 0.412. The lowest BCUT2D eigenvalue weighted by Crippen LogP contribution is -2.30. The Hall–Kier alpha value is -3.51. The van der Waals surface area contributed by atoms with Crippen molar-refractivity contribution in [2.45, 2.75) is 39.4 Å². The SMILES string of the molecule is Cc1c([C@H]2[C@H](c3ccccn3)NC(=S)N2Cc2ccccn2)c(C)n(-c2ccccc2)c1C. The zero-order chi connectivity index (χ0) is 22.9. The van der Waals surface area contributed by atoms with Gasteiger partial charge in [0.05, 0.1) is 30.0 Å². The van der Waals surface area contributed by atoms with Gasteiger partial charge in [0.15, 0.2) is 5.11 Å². The summed E-state index contributed by atoms with van der Waals surface area (Å²) >= 11 is 5.87. The predicted octanol–water partition coefficient (Wildman–Crippen LogP) is 5.37. The van der Waals surface area contributed by atoms with Gasteiger partial charge in [0.25, 0.3) is 0 Å². The van der Waals surface area contributed by atoms with E-state index in [0.29, 0.717) is 6.54 Å². The summed E-state index contributed by atoms with van der Waals surface area (Å²) in [6.45, 7) is 7.25. The Kier molecular flexibility index (Phi) is 5.68. The van der Waals surface area contributed by atoms with Crippen molar-refractivity contribution in [1.29, 1.82) is 0 Å². The fourth-order valence-corrected chi connectivity index (χ4v) is 5.27. The molecule has 0 unspecified atom stereocenters. The first-order valence-electron chi connectivity index (χ1n) is 11.2. The van der Waals surface area contributed by atoms with Gasteiger partial charge in [-0.2, -0.15) is 0 Å². The number of hydrogen-bond acceptors (Lipinski definition) is 3. The first-order chi connectivity index (χ1) is 16.1. The zero-order valence-electron chi connectivity index (χ0n) is 19.1. The van der Waals surface area contributed by atoms with Crippen molar-refractivity contribution in [2.24, 2.45) is 0 Å². The Balaban J connectivity index is 1.67. The first-order valence-corrected chi connectivity index (χ1v) is 11.6. The van der Waals surface area contributed by atoms with E-state index in [4.69, 9.17) is 12.2 Å². The van der Waals surface area contributed by atoms with E-state index in [2.05, 4.69) is 81.9 Å². The molecule has 1 aromatic carbocycles. The Bertz CT molecular complexity index is 1270. The maximum absolute atomic E-state index is 5.87. The summed E-state index contributed by atoms with van der Waals surface area (Å²) in [5.74, 6) is 0. The molecule has 0 radical (unpaired) electrons. The van der Waals surface area contributed by atoms with Crippen molar-refractivity contribution in [1.82, 2.24) is 24.8 Å². The van der Waals surface area contributed by atoms with E-state index in [1.54, 1.807) is 0 Å².